The Hall–Kier alpha value is -3.45. The van der Waals surface area contributed by atoms with Gasteiger partial charge in [-0.05, 0) is 55.5 Å². The Labute approximate surface area is 184 Å². The van der Waals surface area contributed by atoms with Crippen molar-refractivity contribution in [1.82, 2.24) is 19.7 Å². The van der Waals surface area contributed by atoms with Gasteiger partial charge >= 0.3 is 0 Å². The highest BCUT2D eigenvalue weighted by molar-refractivity contribution is 6.30. The number of hydrogen-bond acceptors (Lipinski definition) is 6. The van der Waals surface area contributed by atoms with Crippen molar-refractivity contribution >= 4 is 39.9 Å². The van der Waals surface area contributed by atoms with E-state index in [0.29, 0.717) is 5.02 Å². The predicted octanol–water partition coefficient (Wildman–Crippen LogP) is 4.00. The number of carbonyl (C=O) groups excluding carboxylic acids is 1. The van der Waals surface area contributed by atoms with Gasteiger partial charge in [-0.25, -0.2) is 14.6 Å². The third kappa shape index (κ3) is 3.72. The molecule has 0 N–H and O–H groups in total. The molecule has 0 aliphatic carbocycles. The Morgan fingerprint density at radius 3 is 2.19 bits per heavy atom. The number of ketones is 1. The van der Waals surface area contributed by atoms with Gasteiger partial charge in [0.25, 0.3) is 0 Å². The summed E-state index contributed by atoms with van der Waals surface area (Å²) in [6.45, 7) is 5.01. The second-order valence-corrected chi connectivity index (χ2v) is 7.98. The molecule has 156 valence electrons. The van der Waals surface area contributed by atoms with Crippen LogP contribution in [0.25, 0.3) is 16.7 Å². The van der Waals surface area contributed by atoms with Crippen molar-refractivity contribution in [3.05, 3.63) is 71.6 Å². The van der Waals surface area contributed by atoms with Crippen molar-refractivity contribution in [3.63, 3.8) is 0 Å². The fourth-order valence-corrected chi connectivity index (χ4v) is 4.06. The fourth-order valence-electron chi connectivity index (χ4n) is 3.94. The van der Waals surface area contributed by atoms with Gasteiger partial charge in [0.2, 0.25) is 0 Å². The van der Waals surface area contributed by atoms with Crippen LogP contribution in [0.15, 0.2) is 61.1 Å². The molecule has 1 aliphatic rings. The number of Topliss-reactive ketones (excluding diaryl/α,β-unsaturated/α-hetero) is 1. The standard InChI is InChI=1S/C23H21ClN6O/c1-16(31)17-2-6-19(7-3-17)28-10-12-29(13-11-28)22-21-14-27-30(23(21)26-15-25-22)20-8-4-18(24)5-9-20/h2-9,14-15H,10-13H2,1H3. The number of anilines is 2. The van der Waals surface area contributed by atoms with Crippen molar-refractivity contribution in [2.45, 2.75) is 6.92 Å². The van der Waals surface area contributed by atoms with E-state index in [-0.39, 0.29) is 5.78 Å². The van der Waals surface area contributed by atoms with Gasteiger partial charge in [-0.15, -0.1) is 0 Å². The summed E-state index contributed by atoms with van der Waals surface area (Å²) in [6.07, 6.45) is 3.42. The number of carbonyl (C=O) groups is 1. The minimum atomic E-state index is 0.0864. The van der Waals surface area contributed by atoms with E-state index in [9.17, 15) is 4.79 Å². The molecular weight excluding hydrogens is 412 g/mol. The molecule has 1 saturated heterocycles. The molecular formula is C23H21ClN6O. The Balaban J connectivity index is 1.36. The summed E-state index contributed by atoms with van der Waals surface area (Å²) in [5, 5.41) is 6.15. The van der Waals surface area contributed by atoms with E-state index in [2.05, 4.69) is 24.9 Å². The zero-order chi connectivity index (χ0) is 21.4. The predicted molar refractivity (Wildman–Crippen MR) is 123 cm³/mol. The maximum absolute atomic E-state index is 11.5. The number of nitrogens with zero attached hydrogens (tertiary/aromatic N) is 6. The van der Waals surface area contributed by atoms with Gasteiger partial charge in [-0.1, -0.05) is 11.6 Å². The first-order chi connectivity index (χ1) is 15.1. The molecule has 2 aromatic heterocycles. The van der Waals surface area contributed by atoms with Crippen LogP contribution in [0.3, 0.4) is 0 Å². The molecule has 5 rings (SSSR count). The maximum Gasteiger partial charge on any atom is 0.168 e. The number of halogens is 1. The molecule has 8 heteroatoms. The van der Waals surface area contributed by atoms with E-state index < -0.39 is 0 Å². The first-order valence-corrected chi connectivity index (χ1v) is 10.5. The first kappa shape index (κ1) is 19.5. The molecule has 3 heterocycles. The number of benzene rings is 2. The Kier molecular flexibility index (Phi) is 5.03. The minimum Gasteiger partial charge on any atom is -0.368 e. The SMILES string of the molecule is CC(=O)c1ccc(N2CCN(c3ncnc4c3cnn4-c3ccc(Cl)cc3)CC2)cc1. The van der Waals surface area contributed by atoms with E-state index in [1.807, 2.05) is 59.4 Å². The van der Waals surface area contributed by atoms with Crippen LogP contribution in [0.1, 0.15) is 17.3 Å². The summed E-state index contributed by atoms with van der Waals surface area (Å²) in [6, 6.07) is 15.4. The molecule has 4 aromatic rings. The molecule has 2 aromatic carbocycles. The first-order valence-electron chi connectivity index (χ1n) is 10.2. The molecule has 0 radical (unpaired) electrons. The number of fused-ring (bicyclic) bond motifs is 1. The highest BCUT2D eigenvalue weighted by atomic mass is 35.5. The molecule has 0 spiro atoms. The third-order valence-corrected chi connectivity index (χ3v) is 5.89. The Morgan fingerprint density at radius 1 is 0.871 bits per heavy atom. The second kappa shape index (κ2) is 8.00. The van der Waals surface area contributed by atoms with E-state index in [4.69, 9.17) is 11.6 Å². The lowest BCUT2D eigenvalue weighted by Crippen LogP contribution is -2.46. The van der Waals surface area contributed by atoms with Crippen LogP contribution < -0.4 is 9.80 Å². The van der Waals surface area contributed by atoms with Crippen molar-refractivity contribution in [1.29, 1.82) is 0 Å². The van der Waals surface area contributed by atoms with E-state index in [0.717, 1.165) is 60.0 Å². The van der Waals surface area contributed by atoms with Crippen LogP contribution in [-0.2, 0) is 0 Å². The number of aromatic nitrogens is 4. The number of piperazine rings is 1. The summed E-state index contributed by atoms with van der Waals surface area (Å²) in [7, 11) is 0. The zero-order valence-corrected chi connectivity index (χ0v) is 17.8. The normalized spacial score (nSPS) is 14.3. The highest BCUT2D eigenvalue weighted by Crippen LogP contribution is 2.27. The van der Waals surface area contributed by atoms with Gasteiger partial charge in [0, 0.05) is 42.5 Å². The second-order valence-electron chi connectivity index (χ2n) is 7.54. The van der Waals surface area contributed by atoms with Gasteiger partial charge in [0.15, 0.2) is 11.4 Å². The van der Waals surface area contributed by atoms with Gasteiger partial charge < -0.3 is 9.80 Å². The molecule has 0 bridgehead atoms. The molecule has 0 amide bonds. The van der Waals surface area contributed by atoms with Crippen LogP contribution in [0, 0.1) is 0 Å². The molecule has 0 unspecified atom stereocenters. The average molecular weight is 433 g/mol. The highest BCUT2D eigenvalue weighted by Gasteiger charge is 2.22. The lowest BCUT2D eigenvalue weighted by molar-refractivity contribution is 0.101. The van der Waals surface area contributed by atoms with Gasteiger partial charge in [0.05, 0.1) is 17.3 Å². The van der Waals surface area contributed by atoms with Gasteiger partial charge in [-0.3, -0.25) is 4.79 Å². The van der Waals surface area contributed by atoms with Crippen LogP contribution in [0.5, 0.6) is 0 Å². The molecule has 1 fully saturated rings. The quantitative estimate of drug-likeness (QED) is 0.454. The van der Waals surface area contributed by atoms with E-state index in [1.165, 1.54) is 0 Å². The summed E-state index contributed by atoms with van der Waals surface area (Å²) < 4.78 is 1.81. The molecule has 1 aliphatic heterocycles. The Morgan fingerprint density at radius 2 is 1.52 bits per heavy atom. The van der Waals surface area contributed by atoms with E-state index >= 15 is 0 Å². The van der Waals surface area contributed by atoms with Crippen molar-refractivity contribution in [2.75, 3.05) is 36.0 Å². The third-order valence-electron chi connectivity index (χ3n) is 5.63. The summed E-state index contributed by atoms with van der Waals surface area (Å²) in [5.74, 6) is 0.986. The van der Waals surface area contributed by atoms with Crippen LogP contribution in [-0.4, -0.2) is 51.7 Å². The molecule has 7 nitrogen and oxygen atoms in total. The lowest BCUT2D eigenvalue weighted by Gasteiger charge is -2.36. The van der Waals surface area contributed by atoms with Crippen LogP contribution in [0.4, 0.5) is 11.5 Å². The maximum atomic E-state index is 11.5. The van der Waals surface area contributed by atoms with Crippen LogP contribution >= 0.6 is 11.6 Å². The monoisotopic (exact) mass is 432 g/mol. The topological polar surface area (TPSA) is 67.2 Å². The minimum absolute atomic E-state index is 0.0864. The van der Waals surface area contributed by atoms with Crippen molar-refractivity contribution in [2.24, 2.45) is 0 Å². The zero-order valence-electron chi connectivity index (χ0n) is 17.1. The lowest BCUT2D eigenvalue weighted by atomic mass is 10.1. The summed E-state index contributed by atoms with van der Waals surface area (Å²) in [4.78, 5) is 25.1. The smallest absolute Gasteiger partial charge is 0.168 e. The van der Waals surface area contributed by atoms with Gasteiger partial charge in [0.1, 0.15) is 12.1 Å². The van der Waals surface area contributed by atoms with Crippen LogP contribution in [0.2, 0.25) is 5.02 Å². The number of rotatable bonds is 4. The number of hydrogen-bond donors (Lipinski definition) is 0. The summed E-state index contributed by atoms with van der Waals surface area (Å²) in [5.41, 5.74) is 3.55. The van der Waals surface area contributed by atoms with Crippen molar-refractivity contribution < 1.29 is 4.79 Å². The summed E-state index contributed by atoms with van der Waals surface area (Å²) >= 11 is 6.01. The average Bonchev–Trinajstić information content (AvgIpc) is 3.24. The van der Waals surface area contributed by atoms with Crippen molar-refractivity contribution in [3.8, 4) is 5.69 Å². The van der Waals surface area contributed by atoms with Gasteiger partial charge in [-0.2, -0.15) is 5.10 Å². The molecule has 0 saturated carbocycles. The largest absolute Gasteiger partial charge is 0.368 e. The van der Waals surface area contributed by atoms with E-state index in [1.54, 1.807) is 13.3 Å². The molecule has 31 heavy (non-hydrogen) atoms. The molecule has 0 atom stereocenters. The Bertz CT molecular complexity index is 1230. The fraction of sp³-hybridized carbons (Fsp3) is 0.217.